The molecule has 1 unspecified atom stereocenters. The van der Waals surface area contributed by atoms with E-state index in [2.05, 4.69) is 5.32 Å². The number of benzene rings is 1. The maximum atomic E-state index is 11.9. The van der Waals surface area contributed by atoms with Crippen LogP contribution in [0.4, 0.5) is 5.69 Å². The lowest BCUT2D eigenvalue weighted by Gasteiger charge is -2.05. The Labute approximate surface area is 113 Å². The molecule has 0 saturated heterocycles. The summed E-state index contributed by atoms with van der Waals surface area (Å²) in [4.78, 5) is 12.1. The van der Waals surface area contributed by atoms with Gasteiger partial charge in [-0.3, -0.25) is 9.00 Å². The Kier molecular flexibility index (Phi) is 4.24. The van der Waals surface area contributed by atoms with Crippen LogP contribution in [-0.2, 0) is 15.6 Å². The van der Waals surface area contributed by atoms with Gasteiger partial charge in [0.05, 0.1) is 21.5 Å². The van der Waals surface area contributed by atoms with Crippen molar-refractivity contribution < 1.29 is 9.00 Å². The summed E-state index contributed by atoms with van der Waals surface area (Å²) in [6, 6.07) is 5.23. The minimum Gasteiger partial charge on any atom is -0.398 e. The van der Waals surface area contributed by atoms with Crippen LogP contribution in [0.1, 0.15) is 19.3 Å². The smallest absolute Gasteiger partial charge is 0.221 e. The molecule has 18 heavy (non-hydrogen) atoms. The summed E-state index contributed by atoms with van der Waals surface area (Å²) in [6.45, 7) is 0. The fourth-order valence-electron chi connectivity index (χ4n) is 1.48. The highest BCUT2D eigenvalue weighted by atomic mass is 35.5. The Bertz CT molecular complexity index is 489. The molecule has 0 aromatic heterocycles. The molecule has 1 aromatic carbocycles. The van der Waals surface area contributed by atoms with E-state index in [1.807, 2.05) is 0 Å². The third-order valence-corrected chi connectivity index (χ3v) is 4.37. The molecule has 1 aliphatic rings. The van der Waals surface area contributed by atoms with Crippen LogP contribution >= 0.6 is 11.6 Å². The number of carbonyl (C=O) groups is 1. The van der Waals surface area contributed by atoms with Crippen molar-refractivity contribution in [2.24, 2.45) is 0 Å². The van der Waals surface area contributed by atoms with E-state index in [0.29, 0.717) is 27.4 Å². The van der Waals surface area contributed by atoms with Gasteiger partial charge in [-0.2, -0.15) is 0 Å². The molecule has 0 heterocycles. The standard InChI is InChI=1S/C12H15ClN2O2S/c13-10-7-9(3-4-11(10)14)18(17)6-5-12(16)15-8-1-2-8/h3-4,7-8H,1-2,5-6,14H2,(H,15,16). The van der Waals surface area contributed by atoms with Crippen LogP contribution in [0.5, 0.6) is 0 Å². The predicted molar refractivity (Wildman–Crippen MR) is 72.9 cm³/mol. The second kappa shape index (κ2) is 5.71. The van der Waals surface area contributed by atoms with Gasteiger partial charge in [-0.1, -0.05) is 11.6 Å². The molecule has 2 rings (SSSR count). The van der Waals surface area contributed by atoms with E-state index in [1.54, 1.807) is 18.2 Å². The van der Waals surface area contributed by atoms with Gasteiger partial charge < -0.3 is 11.1 Å². The van der Waals surface area contributed by atoms with E-state index < -0.39 is 10.8 Å². The molecule has 0 spiro atoms. The SMILES string of the molecule is Nc1ccc(S(=O)CCC(=O)NC2CC2)cc1Cl. The molecule has 4 nitrogen and oxygen atoms in total. The first-order valence-corrected chi connectivity index (χ1v) is 7.48. The van der Waals surface area contributed by atoms with E-state index in [9.17, 15) is 9.00 Å². The van der Waals surface area contributed by atoms with Gasteiger partial charge in [0, 0.05) is 23.1 Å². The highest BCUT2D eigenvalue weighted by Crippen LogP contribution is 2.22. The number of carbonyl (C=O) groups excluding carboxylic acids is 1. The minimum atomic E-state index is -1.22. The van der Waals surface area contributed by atoms with Crippen molar-refractivity contribution in [3.05, 3.63) is 23.2 Å². The summed E-state index contributed by atoms with van der Waals surface area (Å²) in [6.07, 6.45) is 2.38. The quantitative estimate of drug-likeness (QED) is 0.809. The van der Waals surface area contributed by atoms with Crippen LogP contribution in [-0.4, -0.2) is 21.9 Å². The average molecular weight is 287 g/mol. The first-order chi connectivity index (χ1) is 8.56. The van der Waals surface area contributed by atoms with E-state index in [4.69, 9.17) is 17.3 Å². The molecule has 6 heteroatoms. The molecule has 98 valence electrons. The molecule has 3 N–H and O–H groups in total. The van der Waals surface area contributed by atoms with Crippen molar-refractivity contribution in [2.45, 2.75) is 30.2 Å². The Morgan fingerprint density at radius 2 is 2.22 bits per heavy atom. The third-order valence-electron chi connectivity index (χ3n) is 2.69. The number of nitrogen functional groups attached to an aromatic ring is 1. The third kappa shape index (κ3) is 3.71. The van der Waals surface area contributed by atoms with Gasteiger partial charge in [-0.25, -0.2) is 0 Å². The minimum absolute atomic E-state index is 0.0348. The van der Waals surface area contributed by atoms with Gasteiger partial charge >= 0.3 is 0 Å². The molecule has 1 saturated carbocycles. The highest BCUT2D eigenvalue weighted by molar-refractivity contribution is 7.85. The maximum absolute atomic E-state index is 11.9. The monoisotopic (exact) mass is 286 g/mol. The molecule has 1 aromatic rings. The zero-order valence-electron chi connectivity index (χ0n) is 9.82. The second-order valence-electron chi connectivity index (χ2n) is 4.32. The van der Waals surface area contributed by atoms with Gasteiger partial charge in [-0.15, -0.1) is 0 Å². The fourth-order valence-corrected chi connectivity index (χ4v) is 2.80. The van der Waals surface area contributed by atoms with E-state index in [0.717, 1.165) is 12.8 Å². The Hall–Kier alpha value is -1.07. The first-order valence-electron chi connectivity index (χ1n) is 5.79. The fraction of sp³-hybridized carbons (Fsp3) is 0.417. The number of anilines is 1. The Morgan fingerprint density at radius 3 is 2.83 bits per heavy atom. The van der Waals surface area contributed by atoms with Crippen molar-refractivity contribution in [3.63, 3.8) is 0 Å². The second-order valence-corrected chi connectivity index (χ2v) is 6.30. The summed E-state index contributed by atoms with van der Waals surface area (Å²) in [5, 5.41) is 3.25. The van der Waals surface area contributed by atoms with Gasteiger partial charge in [0.15, 0.2) is 0 Å². The molecule has 0 radical (unpaired) electrons. The molecule has 1 atom stereocenters. The van der Waals surface area contributed by atoms with Crippen LogP contribution in [0, 0.1) is 0 Å². The zero-order valence-corrected chi connectivity index (χ0v) is 11.4. The number of nitrogens with one attached hydrogen (secondary N) is 1. The van der Waals surface area contributed by atoms with E-state index >= 15 is 0 Å². The summed E-state index contributed by atoms with van der Waals surface area (Å²) < 4.78 is 11.9. The van der Waals surface area contributed by atoms with Gasteiger partial charge in [0.2, 0.25) is 5.91 Å². The van der Waals surface area contributed by atoms with Crippen molar-refractivity contribution >= 4 is 34.0 Å². The maximum Gasteiger partial charge on any atom is 0.221 e. The van der Waals surface area contributed by atoms with Gasteiger partial charge in [0.1, 0.15) is 0 Å². The molecule has 0 aliphatic heterocycles. The lowest BCUT2D eigenvalue weighted by molar-refractivity contribution is -0.120. The summed E-state index contributed by atoms with van der Waals surface area (Å²) in [7, 11) is -1.22. The number of hydrogen-bond donors (Lipinski definition) is 2. The lowest BCUT2D eigenvalue weighted by atomic mass is 10.3. The molecule has 1 fully saturated rings. The number of hydrogen-bond acceptors (Lipinski definition) is 3. The number of amides is 1. The van der Waals surface area contributed by atoms with Crippen LogP contribution in [0.25, 0.3) is 0 Å². The molecule has 0 bridgehead atoms. The van der Waals surface area contributed by atoms with Gasteiger partial charge in [-0.05, 0) is 31.0 Å². The number of halogens is 1. The normalized spacial score (nSPS) is 16.3. The van der Waals surface area contributed by atoms with Crippen LogP contribution < -0.4 is 11.1 Å². The molecular weight excluding hydrogens is 272 g/mol. The van der Waals surface area contributed by atoms with E-state index in [1.165, 1.54) is 0 Å². The summed E-state index contributed by atoms with van der Waals surface area (Å²) in [5.74, 6) is 0.270. The average Bonchev–Trinajstić information content (AvgIpc) is 3.13. The molecule has 1 aliphatic carbocycles. The number of nitrogens with two attached hydrogens (primary N) is 1. The first kappa shape index (κ1) is 13.4. The Balaban J connectivity index is 1.86. The van der Waals surface area contributed by atoms with Crippen LogP contribution in [0.15, 0.2) is 23.1 Å². The van der Waals surface area contributed by atoms with Crippen molar-refractivity contribution in [1.82, 2.24) is 5.32 Å². The van der Waals surface area contributed by atoms with E-state index in [-0.39, 0.29) is 12.3 Å². The summed E-state index contributed by atoms with van der Waals surface area (Å²) in [5.41, 5.74) is 6.04. The molecular formula is C12H15ClN2O2S. The topological polar surface area (TPSA) is 72.2 Å². The summed E-state index contributed by atoms with van der Waals surface area (Å²) >= 11 is 5.86. The predicted octanol–water partition coefficient (Wildman–Crippen LogP) is 1.70. The van der Waals surface area contributed by atoms with Crippen molar-refractivity contribution in [1.29, 1.82) is 0 Å². The number of rotatable bonds is 5. The van der Waals surface area contributed by atoms with Crippen molar-refractivity contribution in [2.75, 3.05) is 11.5 Å². The van der Waals surface area contributed by atoms with Crippen LogP contribution in [0.2, 0.25) is 5.02 Å². The zero-order chi connectivity index (χ0) is 13.1. The largest absolute Gasteiger partial charge is 0.398 e. The van der Waals surface area contributed by atoms with Crippen molar-refractivity contribution in [3.8, 4) is 0 Å². The van der Waals surface area contributed by atoms with Gasteiger partial charge in [0.25, 0.3) is 0 Å². The van der Waals surface area contributed by atoms with Crippen LogP contribution in [0.3, 0.4) is 0 Å². The lowest BCUT2D eigenvalue weighted by Crippen LogP contribution is -2.26. The highest BCUT2D eigenvalue weighted by Gasteiger charge is 2.23. The molecule has 1 amide bonds. The Morgan fingerprint density at radius 1 is 1.50 bits per heavy atom.